The number of aryl methyl sites for hydroxylation is 1. The van der Waals surface area contributed by atoms with Gasteiger partial charge in [-0.15, -0.1) is 0 Å². The SMILES string of the molecule is CCCCc1c(-c2cccc(C)c2)nn(CC(C)C)c1O. The highest BCUT2D eigenvalue weighted by molar-refractivity contribution is 5.66. The van der Waals surface area contributed by atoms with Gasteiger partial charge in [0.05, 0.1) is 5.69 Å². The molecule has 0 amide bonds. The van der Waals surface area contributed by atoms with E-state index in [0.717, 1.165) is 42.6 Å². The van der Waals surface area contributed by atoms with E-state index in [0.29, 0.717) is 11.8 Å². The molecule has 0 saturated heterocycles. The first-order valence-corrected chi connectivity index (χ1v) is 7.88. The van der Waals surface area contributed by atoms with Crippen molar-refractivity contribution < 1.29 is 5.11 Å². The van der Waals surface area contributed by atoms with Crippen LogP contribution < -0.4 is 0 Å². The molecule has 3 heteroatoms. The zero-order valence-electron chi connectivity index (χ0n) is 13.6. The molecule has 0 aliphatic rings. The molecule has 0 radical (unpaired) electrons. The quantitative estimate of drug-likeness (QED) is 0.845. The van der Waals surface area contributed by atoms with Gasteiger partial charge in [-0.05, 0) is 31.7 Å². The first-order chi connectivity index (χ1) is 10.0. The van der Waals surface area contributed by atoms with Crippen molar-refractivity contribution in [2.75, 3.05) is 0 Å². The Bertz CT molecular complexity index is 599. The van der Waals surface area contributed by atoms with E-state index in [1.54, 1.807) is 4.68 Å². The number of aromatic nitrogens is 2. The molecule has 0 spiro atoms. The van der Waals surface area contributed by atoms with Gasteiger partial charge >= 0.3 is 0 Å². The Hall–Kier alpha value is -1.77. The number of hydrogen-bond acceptors (Lipinski definition) is 2. The minimum atomic E-state index is 0.341. The van der Waals surface area contributed by atoms with Crippen LogP contribution in [0.3, 0.4) is 0 Å². The van der Waals surface area contributed by atoms with Crippen molar-refractivity contribution >= 4 is 0 Å². The molecule has 114 valence electrons. The van der Waals surface area contributed by atoms with Crippen LogP contribution in [0.2, 0.25) is 0 Å². The van der Waals surface area contributed by atoms with Gasteiger partial charge < -0.3 is 5.11 Å². The lowest BCUT2D eigenvalue weighted by molar-refractivity contribution is 0.368. The lowest BCUT2D eigenvalue weighted by Crippen LogP contribution is -2.05. The monoisotopic (exact) mass is 286 g/mol. The molecule has 21 heavy (non-hydrogen) atoms. The van der Waals surface area contributed by atoms with Crippen molar-refractivity contribution in [3.05, 3.63) is 35.4 Å². The minimum absolute atomic E-state index is 0.341. The largest absolute Gasteiger partial charge is 0.493 e. The molecular formula is C18H26N2O. The summed E-state index contributed by atoms with van der Waals surface area (Å²) in [5.74, 6) is 0.800. The summed E-state index contributed by atoms with van der Waals surface area (Å²) in [5.41, 5.74) is 4.24. The highest BCUT2D eigenvalue weighted by atomic mass is 16.3. The number of unbranched alkanes of at least 4 members (excludes halogenated alkanes) is 1. The predicted octanol–water partition coefficient (Wildman–Crippen LogP) is 4.56. The molecule has 0 bridgehead atoms. The van der Waals surface area contributed by atoms with Crippen molar-refractivity contribution in [1.29, 1.82) is 0 Å². The molecule has 0 unspecified atom stereocenters. The van der Waals surface area contributed by atoms with Gasteiger partial charge in [0.1, 0.15) is 0 Å². The van der Waals surface area contributed by atoms with Crippen LogP contribution in [0.1, 0.15) is 44.7 Å². The van der Waals surface area contributed by atoms with Gasteiger partial charge in [-0.3, -0.25) is 0 Å². The van der Waals surface area contributed by atoms with Gasteiger partial charge in [0.2, 0.25) is 5.88 Å². The van der Waals surface area contributed by atoms with E-state index < -0.39 is 0 Å². The average Bonchev–Trinajstić information content (AvgIpc) is 2.73. The molecule has 2 rings (SSSR count). The first-order valence-electron chi connectivity index (χ1n) is 7.88. The van der Waals surface area contributed by atoms with E-state index in [9.17, 15) is 5.11 Å². The maximum Gasteiger partial charge on any atom is 0.213 e. The van der Waals surface area contributed by atoms with Gasteiger partial charge in [0.15, 0.2) is 0 Å². The number of benzene rings is 1. The second-order valence-electron chi connectivity index (χ2n) is 6.20. The number of hydrogen-bond donors (Lipinski definition) is 1. The fourth-order valence-electron chi connectivity index (χ4n) is 2.57. The van der Waals surface area contributed by atoms with Crippen molar-refractivity contribution in [1.82, 2.24) is 9.78 Å². The normalized spacial score (nSPS) is 11.3. The Morgan fingerprint density at radius 1 is 1.29 bits per heavy atom. The van der Waals surface area contributed by atoms with Crippen LogP contribution in [0, 0.1) is 12.8 Å². The van der Waals surface area contributed by atoms with E-state index in [1.807, 2.05) is 6.07 Å². The molecule has 3 nitrogen and oxygen atoms in total. The number of aromatic hydroxyl groups is 1. The minimum Gasteiger partial charge on any atom is -0.493 e. The zero-order chi connectivity index (χ0) is 15.4. The fourth-order valence-corrected chi connectivity index (χ4v) is 2.57. The third kappa shape index (κ3) is 3.66. The van der Waals surface area contributed by atoms with Gasteiger partial charge in [0, 0.05) is 17.7 Å². The highest BCUT2D eigenvalue weighted by Crippen LogP contribution is 2.32. The van der Waals surface area contributed by atoms with Crippen LogP contribution in [0.4, 0.5) is 0 Å². The summed E-state index contributed by atoms with van der Waals surface area (Å²) in [6.45, 7) is 9.28. The van der Waals surface area contributed by atoms with Crippen molar-refractivity contribution in [3.8, 4) is 17.1 Å². The van der Waals surface area contributed by atoms with Crippen molar-refractivity contribution in [3.63, 3.8) is 0 Å². The maximum atomic E-state index is 10.5. The van der Waals surface area contributed by atoms with Crippen LogP contribution >= 0.6 is 0 Å². The van der Waals surface area contributed by atoms with Gasteiger partial charge in [-0.2, -0.15) is 5.10 Å². The van der Waals surface area contributed by atoms with E-state index >= 15 is 0 Å². The summed E-state index contributed by atoms with van der Waals surface area (Å²) in [4.78, 5) is 0. The first kappa shape index (κ1) is 15.6. The Morgan fingerprint density at radius 3 is 2.67 bits per heavy atom. The molecule has 1 heterocycles. The standard InChI is InChI=1S/C18H26N2O/c1-5-6-10-16-17(15-9-7-8-14(4)11-15)19-20(18(16)21)12-13(2)3/h7-9,11,13,21H,5-6,10,12H2,1-4H3. The molecule has 0 fully saturated rings. The highest BCUT2D eigenvalue weighted by Gasteiger charge is 2.18. The summed E-state index contributed by atoms with van der Waals surface area (Å²) >= 11 is 0. The summed E-state index contributed by atoms with van der Waals surface area (Å²) in [5, 5.41) is 15.2. The van der Waals surface area contributed by atoms with Crippen LogP contribution in [0.25, 0.3) is 11.3 Å². The van der Waals surface area contributed by atoms with Crippen LogP contribution in [0.15, 0.2) is 24.3 Å². The molecule has 0 saturated carbocycles. The van der Waals surface area contributed by atoms with Crippen molar-refractivity contribution in [2.24, 2.45) is 5.92 Å². The molecule has 0 atom stereocenters. The second-order valence-corrected chi connectivity index (χ2v) is 6.20. The fraction of sp³-hybridized carbons (Fsp3) is 0.500. The second kappa shape index (κ2) is 6.79. The topological polar surface area (TPSA) is 38.0 Å². The van der Waals surface area contributed by atoms with Gasteiger partial charge in [0.25, 0.3) is 0 Å². The number of rotatable bonds is 6. The molecule has 1 N–H and O–H groups in total. The number of nitrogens with zero attached hydrogens (tertiary/aromatic N) is 2. The lowest BCUT2D eigenvalue weighted by Gasteiger charge is -2.06. The van der Waals surface area contributed by atoms with Crippen LogP contribution in [-0.2, 0) is 13.0 Å². The summed E-state index contributed by atoms with van der Waals surface area (Å²) in [6, 6.07) is 8.34. The van der Waals surface area contributed by atoms with Gasteiger partial charge in [-0.25, -0.2) is 4.68 Å². The Kier molecular flexibility index (Phi) is 5.05. The van der Waals surface area contributed by atoms with E-state index in [-0.39, 0.29) is 0 Å². The average molecular weight is 286 g/mol. The molecule has 2 aromatic rings. The summed E-state index contributed by atoms with van der Waals surface area (Å²) in [6.07, 6.45) is 3.06. The van der Waals surface area contributed by atoms with Crippen molar-refractivity contribution in [2.45, 2.75) is 53.5 Å². The van der Waals surface area contributed by atoms with Crippen LogP contribution in [0.5, 0.6) is 5.88 Å². The third-order valence-corrected chi connectivity index (χ3v) is 3.63. The van der Waals surface area contributed by atoms with E-state index in [2.05, 4.69) is 51.0 Å². The van der Waals surface area contributed by atoms with Gasteiger partial charge in [-0.1, -0.05) is 51.0 Å². The van der Waals surface area contributed by atoms with Crippen LogP contribution in [-0.4, -0.2) is 14.9 Å². The zero-order valence-corrected chi connectivity index (χ0v) is 13.6. The Balaban J connectivity index is 2.46. The maximum absolute atomic E-state index is 10.5. The lowest BCUT2D eigenvalue weighted by atomic mass is 10.0. The Labute approximate surface area is 127 Å². The molecule has 0 aliphatic carbocycles. The van der Waals surface area contributed by atoms with E-state index in [4.69, 9.17) is 0 Å². The predicted molar refractivity (Wildman–Crippen MR) is 87.5 cm³/mol. The Morgan fingerprint density at radius 2 is 2.05 bits per heavy atom. The van der Waals surface area contributed by atoms with E-state index in [1.165, 1.54) is 5.56 Å². The smallest absolute Gasteiger partial charge is 0.213 e. The molecule has 0 aliphatic heterocycles. The molecule has 1 aromatic carbocycles. The third-order valence-electron chi connectivity index (χ3n) is 3.63. The summed E-state index contributed by atoms with van der Waals surface area (Å²) < 4.78 is 1.76. The molecular weight excluding hydrogens is 260 g/mol. The summed E-state index contributed by atoms with van der Waals surface area (Å²) in [7, 11) is 0. The molecule has 1 aromatic heterocycles.